The third-order valence-corrected chi connectivity index (χ3v) is 0.117. The first-order valence-electron chi connectivity index (χ1n) is 0.983. The van der Waals surface area contributed by atoms with E-state index in [0.717, 1.165) is 6.47 Å². The molecule has 0 fully saturated rings. The average Bonchev–Trinajstić information content (AvgIpc) is 1.41. The summed E-state index contributed by atoms with van der Waals surface area (Å²) in [5, 5.41) is 0. The van der Waals surface area contributed by atoms with Crippen LogP contribution < -0.4 is 0 Å². The molecule has 1 radical (unpaired) electrons. The van der Waals surface area contributed by atoms with Gasteiger partial charge in [-0.3, -0.25) is 4.89 Å². The molecule has 0 saturated carbocycles. The van der Waals surface area contributed by atoms with Crippen molar-refractivity contribution >= 4 is 6.47 Å². The summed E-state index contributed by atoms with van der Waals surface area (Å²) < 4.78 is 0. The molecule has 0 aliphatic rings. The highest BCUT2D eigenvalue weighted by Crippen LogP contribution is 1.55. The second kappa shape index (κ2) is 3.43. The molecule has 0 saturated heterocycles. The van der Waals surface area contributed by atoms with Crippen molar-refractivity contribution in [2.24, 2.45) is 0 Å². The largest absolute Gasteiger partial charge is 0.453 e. The number of hydrogen-bond acceptors (Lipinski definition) is 3. The van der Waals surface area contributed by atoms with Crippen LogP contribution in [0.2, 0.25) is 0 Å². The Morgan fingerprint density at radius 3 is 2.40 bits per heavy atom. The molecule has 0 aromatic heterocycles. The van der Waals surface area contributed by atoms with Crippen molar-refractivity contribution in [1.29, 1.82) is 0 Å². The van der Waals surface area contributed by atoms with E-state index in [1.165, 1.54) is 7.11 Å². The fourth-order valence-electron chi connectivity index (χ4n) is 0.0340. The molecule has 0 bridgehead atoms. The van der Waals surface area contributed by atoms with Crippen LogP contribution in [0.3, 0.4) is 0 Å². The molecule has 0 aliphatic carbocycles. The van der Waals surface area contributed by atoms with Crippen LogP contribution >= 0.6 is 0 Å². The normalized spacial score (nSPS) is 6.60. The summed E-state index contributed by atoms with van der Waals surface area (Å²) in [4.78, 5) is 16.2. The Morgan fingerprint density at radius 2 is 2.40 bits per heavy atom. The molecule has 0 aliphatic heterocycles. The molecular formula is C2H3O3. The van der Waals surface area contributed by atoms with Gasteiger partial charge in [0.2, 0.25) is 0 Å². The third kappa shape index (κ3) is 3.43. The first kappa shape index (κ1) is 4.43. The maximum atomic E-state index is 8.93. The lowest BCUT2D eigenvalue weighted by molar-refractivity contribution is -0.194. The van der Waals surface area contributed by atoms with Gasteiger partial charge in [0.05, 0.1) is 7.11 Å². The molecule has 0 unspecified atom stereocenters. The molecule has 0 N–H and O–H groups in total. The zero-order valence-corrected chi connectivity index (χ0v) is 2.72. The van der Waals surface area contributed by atoms with Crippen molar-refractivity contribution in [2.75, 3.05) is 7.11 Å². The van der Waals surface area contributed by atoms with Crippen molar-refractivity contribution in [3.8, 4) is 0 Å². The van der Waals surface area contributed by atoms with E-state index in [-0.39, 0.29) is 0 Å². The molecule has 0 spiro atoms. The Labute approximate surface area is 29.4 Å². The summed E-state index contributed by atoms with van der Waals surface area (Å²) in [6.45, 7) is 1.05. The van der Waals surface area contributed by atoms with Crippen LogP contribution in [0.4, 0.5) is 0 Å². The Kier molecular flexibility index (Phi) is 3.04. The zero-order chi connectivity index (χ0) is 4.12. The quantitative estimate of drug-likeness (QED) is 0.332. The van der Waals surface area contributed by atoms with Crippen molar-refractivity contribution in [1.82, 2.24) is 0 Å². The Morgan fingerprint density at radius 1 is 1.80 bits per heavy atom. The van der Waals surface area contributed by atoms with Crippen LogP contribution in [0, 0.1) is 0 Å². The SMILES string of the molecule is COO[C]=O. The second-order valence-corrected chi connectivity index (χ2v) is 0.333. The van der Waals surface area contributed by atoms with Crippen molar-refractivity contribution in [2.45, 2.75) is 0 Å². The van der Waals surface area contributed by atoms with Crippen LogP contribution in [0.15, 0.2) is 0 Å². The third-order valence-electron chi connectivity index (χ3n) is 0.117. The molecule has 0 aromatic carbocycles. The van der Waals surface area contributed by atoms with E-state index in [1.807, 2.05) is 0 Å². The Bertz CT molecular complexity index is 26.1. The van der Waals surface area contributed by atoms with Crippen LogP contribution in [-0.4, -0.2) is 13.6 Å². The summed E-state index contributed by atoms with van der Waals surface area (Å²) in [5.41, 5.74) is 0. The first-order chi connectivity index (χ1) is 2.41. The average molecular weight is 75.0 g/mol. The highest BCUT2D eigenvalue weighted by Gasteiger charge is 1.64. The lowest BCUT2D eigenvalue weighted by atomic mass is 11.6. The van der Waals surface area contributed by atoms with E-state index in [1.54, 1.807) is 0 Å². The molecule has 0 rings (SSSR count). The fraction of sp³-hybridized carbons (Fsp3) is 0.500. The Hall–Kier alpha value is -0.570. The topological polar surface area (TPSA) is 35.5 Å². The summed E-state index contributed by atoms with van der Waals surface area (Å²) in [7, 11) is 1.23. The molecular weight excluding hydrogens is 72.0 g/mol. The maximum Gasteiger partial charge on any atom is 0.453 e. The highest BCUT2D eigenvalue weighted by molar-refractivity contribution is 5.36. The van der Waals surface area contributed by atoms with E-state index in [9.17, 15) is 0 Å². The fourth-order valence-corrected chi connectivity index (χ4v) is 0.0340. The lowest BCUT2D eigenvalue weighted by Crippen LogP contribution is -1.80. The van der Waals surface area contributed by atoms with E-state index >= 15 is 0 Å². The minimum atomic E-state index is 1.05. The van der Waals surface area contributed by atoms with Gasteiger partial charge in [-0.25, -0.2) is 4.79 Å². The predicted molar refractivity (Wildman–Crippen MR) is 13.8 cm³/mol. The minimum absolute atomic E-state index is 1.05. The van der Waals surface area contributed by atoms with Gasteiger partial charge in [-0.2, -0.15) is 4.89 Å². The van der Waals surface area contributed by atoms with Crippen LogP contribution in [0.25, 0.3) is 0 Å². The summed E-state index contributed by atoms with van der Waals surface area (Å²) in [5.74, 6) is 0. The van der Waals surface area contributed by atoms with Gasteiger partial charge in [0, 0.05) is 0 Å². The van der Waals surface area contributed by atoms with Gasteiger partial charge in [-0.05, 0) is 0 Å². The van der Waals surface area contributed by atoms with Crippen molar-refractivity contribution in [3.63, 3.8) is 0 Å². The van der Waals surface area contributed by atoms with Crippen LogP contribution in [0.5, 0.6) is 0 Å². The summed E-state index contributed by atoms with van der Waals surface area (Å²) in [6, 6.07) is 0. The Balaban J connectivity index is 2.40. The van der Waals surface area contributed by atoms with Gasteiger partial charge in [-0.15, -0.1) is 0 Å². The number of hydrogen-bond donors (Lipinski definition) is 0. The highest BCUT2D eigenvalue weighted by atomic mass is 17.2. The smallest absolute Gasteiger partial charge is 0.286 e. The van der Waals surface area contributed by atoms with Gasteiger partial charge in [0.25, 0.3) is 0 Å². The minimum Gasteiger partial charge on any atom is -0.286 e. The second-order valence-electron chi connectivity index (χ2n) is 0.333. The molecule has 3 heteroatoms. The lowest BCUT2D eigenvalue weighted by Gasteiger charge is -1.77. The van der Waals surface area contributed by atoms with Crippen LogP contribution in [-0.2, 0) is 14.6 Å². The molecule has 3 nitrogen and oxygen atoms in total. The van der Waals surface area contributed by atoms with Gasteiger partial charge in [0.1, 0.15) is 0 Å². The van der Waals surface area contributed by atoms with E-state index < -0.39 is 0 Å². The molecule has 5 heavy (non-hydrogen) atoms. The van der Waals surface area contributed by atoms with E-state index in [2.05, 4.69) is 9.78 Å². The molecule has 29 valence electrons. The standard InChI is InChI=1S/C2H3O3/c1-4-5-2-3/h1H3. The van der Waals surface area contributed by atoms with Crippen LogP contribution in [0.1, 0.15) is 0 Å². The summed E-state index contributed by atoms with van der Waals surface area (Å²) in [6.07, 6.45) is 0. The molecule has 0 heterocycles. The monoisotopic (exact) mass is 75.0 g/mol. The van der Waals surface area contributed by atoms with Gasteiger partial charge >= 0.3 is 6.47 Å². The van der Waals surface area contributed by atoms with Gasteiger partial charge < -0.3 is 0 Å². The number of carbonyl (C=O) groups excluding carboxylic acids is 1. The molecule has 0 atom stereocenters. The maximum absolute atomic E-state index is 8.93. The molecule has 0 amide bonds. The zero-order valence-electron chi connectivity index (χ0n) is 2.72. The predicted octanol–water partition coefficient (Wildman–Crippen LogP) is -0.368. The van der Waals surface area contributed by atoms with E-state index in [0.29, 0.717) is 0 Å². The number of rotatable bonds is 2. The van der Waals surface area contributed by atoms with Crippen molar-refractivity contribution < 1.29 is 14.6 Å². The van der Waals surface area contributed by atoms with Gasteiger partial charge in [-0.1, -0.05) is 0 Å². The first-order valence-corrected chi connectivity index (χ1v) is 0.983. The molecule has 0 aromatic rings. The van der Waals surface area contributed by atoms with Crippen molar-refractivity contribution in [3.05, 3.63) is 0 Å². The summed E-state index contributed by atoms with van der Waals surface area (Å²) >= 11 is 0. The van der Waals surface area contributed by atoms with E-state index in [4.69, 9.17) is 4.79 Å². The van der Waals surface area contributed by atoms with Gasteiger partial charge in [0.15, 0.2) is 0 Å².